The van der Waals surface area contributed by atoms with Crippen molar-refractivity contribution in [3.63, 3.8) is 0 Å². The molecule has 3 rings (SSSR count). The summed E-state index contributed by atoms with van der Waals surface area (Å²) in [7, 11) is 1.57. The van der Waals surface area contributed by atoms with Crippen molar-refractivity contribution in [3.8, 4) is 17.2 Å². The first kappa shape index (κ1) is 18.1. The van der Waals surface area contributed by atoms with Gasteiger partial charge in [-0.1, -0.05) is 12.1 Å². The number of benzene rings is 2. The van der Waals surface area contributed by atoms with Crippen molar-refractivity contribution in [2.75, 3.05) is 7.11 Å². The van der Waals surface area contributed by atoms with E-state index in [1.54, 1.807) is 43.5 Å². The fourth-order valence-corrected chi connectivity index (χ4v) is 2.93. The number of ketones is 1. The Labute approximate surface area is 158 Å². The first-order chi connectivity index (χ1) is 12.3. The third-order valence-corrected chi connectivity index (χ3v) is 4.47. The normalized spacial score (nSPS) is 14.8. The molecule has 1 heterocycles. The van der Waals surface area contributed by atoms with E-state index in [2.05, 4.69) is 12.6 Å². The highest BCUT2D eigenvalue weighted by atomic mass is 32.1. The van der Waals surface area contributed by atoms with Crippen LogP contribution in [0, 0.1) is 0 Å². The van der Waals surface area contributed by atoms with E-state index < -0.39 is 5.60 Å². The van der Waals surface area contributed by atoms with Crippen molar-refractivity contribution < 1.29 is 19.4 Å². The first-order valence-electron chi connectivity index (χ1n) is 8.14. The summed E-state index contributed by atoms with van der Waals surface area (Å²) in [6.07, 6.45) is 6.73. The summed E-state index contributed by atoms with van der Waals surface area (Å²) in [4.78, 5) is 13.2. The monoisotopic (exact) mass is 368 g/mol. The van der Waals surface area contributed by atoms with Gasteiger partial charge in [-0.25, -0.2) is 0 Å². The average Bonchev–Trinajstić information content (AvgIpc) is 2.60. The van der Waals surface area contributed by atoms with Gasteiger partial charge in [-0.15, -0.1) is 12.6 Å². The minimum absolute atomic E-state index is 0.0767. The predicted molar refractivity (Wildman–Crippen MR) is 105 cm³/mol. The van der Waals surface area contributed by atoms with E-state index in [-0.39, 0.29) is 17.1 Å². The molecule has 2 aromatic carbocycles. The van der Waals surface area contributed by atoms with Crippen molar-refractivity contribution >= 4 is 30.6 Å². The highest BCUT2D eigenvalue weighted by Crippen LogP contribution is 2.38. The summed E-state index contributed by atoms with van der Waals surface area (Å²) in [5.74, 6) is 0.818. The number of phenols is 1. The predicted octanol–water partition coefficient (Wildman–Crippen LogP) is 4.77. The molecule has 4 nitrogen and oxygen atoms in total. The lowest BCUT2D eigenvalue weighted by Crippen LogP contribution is -2.27. The second-order valence-corrected chi connectivity index (χ2v) is 7.02. The van der Waals surface area contributed by atoms with Crippen LogP contribution in [0.2, 0.25) is 0 Å². The van der Waals surface area contributed by atoms with Crippen molar-refractivity contribution in [2.24, 2.45) is 0 Å². The SMILES string of the molecule is COc1cc(/C=C/C(=O)c2ccc3c(c2O)C=CC(C)(C)O3)ccc1S. The number of fused-ring (bicyclic) bond motifs is 1. The largest absolute Gasteiger partial charge is 0.506 e. The molecule has 26 heavy (non-hydrogen) atoms. The molecule has 0 bridgehead atoms. The lowest BCUT2D eigenvalue weighted by molar-refractivity contribution is 0.104. The summed E-state index contributed by atoms with van der Waals surface area (Å²) in [5, 5.41) is 10.5. The summed E-state index contributed by atoms with van der Waals surface area (Å²) >= 11 is 4.30. The second kappa shape index (κ2) is 6.92. The van der Waals surface area contributed by atoms with Crippen LogP contribution in [0.5, 0.6) is 17.2 Å². The number of hydrogen-bond acceptors (Lipinski definition) is 5. The summed E-state index contributed by atoms with van der Waals surface area (Å²) in [6.45, 7) is 3.85. The Balaban J connectivity index is 1.87. The van der Waals surface area contributed by atoms with Crippen LogP contribution in [0.4, 0.5) is 0 Å². The fourth-order valence-electron chi connectivity index (χ4n) is 2.70. The van der Waals surface area contributed by atoms with Crippen LogP contribution in [0.15, 0.2) is 47.4 Å². The molecule has 1 aliphatic rings. The topological polar surface area (TPSA) is 55.8 Å². The molecular formula is C21H20O4S. The van der Waals surface area contributed by atoms with Gasteiger partial charge in [0.2, 0.25) is 0 Å². The third kappa shape index (κ3) is 3.63. The second-order valence-electron chi connectivity index (χ2n) is 6.54. The van der Waals surface area contributed by atoms with Crippen LogP contribution in [0.1, 0.15) is 35.3 Å². The minimum Gasteiger partial charge on any atom is -0.506 e. The van der Waals surface area contributed by atoms with Gasteiger partial charge in [0.15, 0.2) is 5.78 Å². The van der Waals surface area contributed by atoms with Crippen molar-refractivity contribution in [1.82, 2.24) is 0 Å². The van der Waals surface area contributed by atoms with E-state index in [1.165, 1.54) is 6.08 Å². The quantitative estimate of drug-likeness (QED) is 0.464. The van der Waals surface area contributed by atoms with Crippen LogP contribution in [0.25, 0.3) is 12.2 Å². The van der Waals surface area contributed by atoms with E-state index in [9.17, 15) is 9.90 Å². The van der Waals surface area contributed by atoms with Crippen molar-refractivity contribution in [1.29, 1.82) is 0 Å². The van der Waals surface area contributed by atoms with E-state index in [1.807, 2.05) is 26.0 Å². The molecule has 5 heteroatoms. The maximum absolute atomic E-state index is 12.5. The number of methoxy groups -OCH3 is 1. The molecule has 0 unspecified atom stereocenters. The number of allylic oxidation sites excluding steroid dienone is 1. The molecule has 0 aromatic heterocycles. The lowest BCUT2D eigenvalue weighted by Gasteiger charge is -2.28. The van der Waals surface area contributed by atoms with Crippen LogP contribution in [0.3, 0.4) is 0 Å². The number of carbonyl (C=O) groups excluding carboxylic acids is 1. The molecule has 1 aliphatic heterocycles. The zero-order chi connectivity index (χ0) is 18.9. The molecule has 0 fully saturated rings. The van der Waals surface area contributed by atoms with E-state index in [0.29, 0.717) is 17.1 Å². The molecule has 0 amide bonds. The van der Waals surface area contributed by atoms with E-state index in [0.717, 1.165) is 10.5 Å². The summed E-state index contributed by atoms with van der Waals surface area (Å²) < 4.78 is 11.0. The molecule has 0 saturated carbocycles. The van der Waals surface area contributed by atoms with Crippen LogP contribution >= 0.6 is 12.6 Å². The van der Waals surface area contributed by atoms with Crippen LogP contribution in [-0.2, 0) is 0 Å². The molecular weight excluding hydrogens is 348 g/mol. The molecule has 0 aliphatic carbocycles. The van der Waals surface area contributed by atoms with Crippen LogP contribution < -0.4 is 9.47 Å². The van der Waals surface area contributed by atoms with Gasteiger partial charge in [-0.05, 0) is 61.9 Å². The zero-order valence-electron chi connectivity index (χ0n) is 14.8. The number of rotatable bonds is 4. The van der Waals surface area contributed by atoms with Crippen molar-refractivity contribution in [2.45, 2.75) is 24.3 Å². The van der Waals surface area contributed by atoms with Gasteiger partial charge in [0.05, 0.1) is 18.2 Å². The Bertz CT molecular complexity index is 926. The zero-order valence-corrected chi connectivity index (χ0v) is 15.7. The number of ether oxygens (including phenoxy) is 2. The highest BCUT2D eigenvalue weighted by Gasteiger charge is 2.25. The Hall–Kier alpha value is -2.66. The average molecular weight is 368 g/mol. The molecule has 1 N–H and O–H groups in total. The van der Waals surface area contributed by atoms with Gasteiger partial charge >= 0.3 is 0 Å². The first-order valence-corrected chi connectivity index (χ1v) is 8.59. The summed E-state index contributed by atoms with van der Waals surface area (Å²) in [5.41, 5.74) is 1.11. The number of aromatic hydroxyl groups is 1. The van der Waals surface area contributed by atoms with Gasteiger partial charge in [0, 0.05) is 4.90 Å². The van der Waals surface area contributed by atoms with E-state index >= 15 is 0 Å². The molecule has 0 atom stereocenters. The van der Waals surface area contributed by atoms with Gasteiger partial charge < -0.3 is 14.6 Å². The minimum atomic E-state index is -0.441. The van der Waals surface area contributed by atoms with Gasteiger partial charge in [0.25, 0.3) is 0 Å². The van der Waals surface area contributed by atoms with Gasteiger partial charge in [-0.2, -0.15) is 0 Å². The standard InChI is InChI=1S/C21H20O4S/c1-21(2)11-10-15-17(25-21)8-6-14(20(15)23)16(22)7-4-13-5-9-19(26)18(12-13)24-3/h4-12,23,26H,1-3H3/b7-4+. The fraction of sp³-hybridized carbons (Fsp3) is 0.190. The Morgan fingerprint density at radius 3 is 2.77 bits per heavy atom. The van der Waals surface area contributed by atoms with Gasteiger partial charge in [-0.3, -0.25) is 4.79 Å². The number of hydrogen-bond donors (Lipinski definition) is 2. The maximum atomic E-state index is 12.5. The number of carbonyl (C=O) groups is 1. The molecule has 134 valence electrons. The number of phenolic OH excluding ortho intramolecular Hbond substituents is 1. The number of thiol groups is 1. The van der Waals surface area contributed by atoms with Gasteiger partial charge in [0.1, 0.15) is 22.8 Å². The highest BCUT2D eigenvalue weighted by molar-refractivity contribution is 7.80. The lowest BCUT2D eigenvalue weighted by atomic mass is 9.98. The Kier molecular flexibility index (Phi) is 4.83. The summed E-state index contributed by atoms with van der Waals surface area (Å²) in [6, 6.07) is 8.71. The molecule has 0 saturated heterocycles. The van der Waals surface area contributed by atoms with Crippen molar-refractivity contribution in [3.05, 3.63) is 59.2 Å². The smallest absolute Gasteiger partial charge is 0.189 e. The molecule has 0 spiro atoms. The Morgan fingerprint density at radius 2 is 2.04 bits per heavy atom. The third-order valence-electron chi connectivity index (χ3n) is 4.10. The van der Waals surface area contributed by atoms with Crippen LogP contribution in [-0.4, -0.2) is 23.6 Å². The maximum Gasteiger partial charge on any atom is 0.189 e. The Morgan fingerprint density at radius 1 is 1.27 bits per heavy atom. The molecule has 0 radical (unpaired) electrons. The van der Waals surface area contributed by atoms with E-state index in [4.69, 9.17) is 9.47 Å². The molecule has 2 aromatic rings.